The molecule has 0 fully saturated rings. The van der Waals surface area contributed by atoms with Crippen LogP contribution in [0.3, 0.4) is 0 Å². The van der Waals surface area contributed by atoms with E-state index < -0.39 is 17.2 Å². The summed E-state index contributed by atoms with van der Waals surface area (Å²) in [5, 5.41) is 10.6. The molecule has 1 rings (SSSR count). The van der Waals surface area contributed by atoms with Crippen LogP contribution in [0.1, 0.15) is 64.3 Å². The first-order chi connectivity index (χ1) is 12.6. The number of hydrogen-bond donors (Lipinski definition) is 3. The number of amides is 1. The van der Waals surface area contributed by atoms with Crippen LogP contribution in [0.15, 0.2) is 11.2 Å². The van der Waals surface area contributed by atoms with Crippen LogP contribution in [0.25, 0.3) is 0 Å². The second kappa shape index (κ2) is 12.5. The molecule has 0 spiro atoms. The molecule has 0 aliphatic carbocycles. The predicted octanol–water partition coefficient (Wildman–Crippen LogP) is 4.21. The van der Waals surface area contributed by atoms with Crippen LogP contribution in [0.2, 0.25) is 0 Å². The van der Waals surface area contributed by atoms with Crippen molar-refractivity contribution in [3.63, 3.8) is 0 Å². The van der Waals surface area contributed by atoms with Crippen molar-refractivity contribution < 1.29 is 9.53 Å². The van der Waals surface area contributed by atoms with Gasteiger partial charge in [-0.25, -0.2) is 14.8 Å². The van der Waals surface area contributed by atoms with Crippen molar-refractivity contribution in [2.45, 2.75) is 79.0 Å². The zero-order chi connectivity index (χ0) is 20.5. The molecule has 3 N–H and O–H groups in total. The molecule has 162 valence electrons. The summed E-state index contributed by atoms with van der Waals surface area (Å²) in [5.41, 5.74) is -0.927. The molecule has 1 aromatic heterocycles. The predicted molar refractivity (Wildman–Crippen MR) is 128 cm³/mol. The van der Waals surface area contributed by atoms with E-state index >= 15 is 0 Å². The number of thiazole rings is 1. The third kappa shape index (κ3) is 9.90. The Morgan fingerprint density at radius 1 is 1.21 bits per heavy atom. The van der Waals surface area contributed by atoms with Crippen LogP contribution >= 0.6 is 35.3 Å². The highest BCUT2D eigenvalue weighted by molar-refractivity contribution is 14.0. The van der Waals surface area contributed by atoms with Crippen molar-refractivity contribution in [3.8, 4) is 0 Å². The second-order valence-electron chi connectivity index (χ2n) is 7.53. The minimum atomic E-state index is -0.521. The number of carbonyl (C=O) groups is 1. The molecule has 9 heteroatoms. The van der Waals surface area contributed by atoms with Gasteiger partial charge in [0.2, 0.25) is 0 Å². The number of carbonyl (C=O) groups excluding carboxylic acids is 1. The molecule has 7 nitrogen and oxygen atoms in total. The SMILES string of the molecule is CCNC(=NCc1ncc(C)s1)NCC(CC)(CC)NC(=O)OC(C)(C)C.I. The van der Waals surface area contributed by atoms with E-state index in [-0.39, 0.29) is 24.0 Å². The molecule has 0 saturated carbocycles. The number of guanidine groups is 1. The van der Waals surface area contributed by atoms with Gasteiger partial charge >= 0.3 is 6.09 Å². The van der Waals surface area contributed by atoms with E-state index in [1.807, 2.05) is 40.8 Å². The first-order valence-electron chi connectivity index (χ1n) is 9.57. The highest BCUT2D eigenvalue weighted by Gasteiger charge is 2.30. The summed E-state index contributed by atoms with van der Waals surface area (Å²) in [6.07, 6.45) is 3.02. The van der Waals surface area contributed by atoms with Crippen LogP contribution in [-0.2, 0) is 11.3 Å². The average molecular weight is 526 g/mol. The number of aromatic nitrogens is 1. The van der Waals surface area contributed by atoms with Gasteiger partial charge in [-0.15, -0.1) is 35.3 Å². The zero-order valence-electron chi connectivity index (χ0n) is 18.1. The molecular formula is C19H36IN5O2S. The minimum absolute atomic E-state index is 0. The number of alkyl carbamates (subject to hydrolysis) is 1. The van der Waals surface area contributed by atoms with Crippen LogP contribution in [0.5, 0.6) is 0 Å². The largest absolute Gasteiger partial charge is 0.444 e. The van der Waals surface area contributed by atoms with Gasteiger partial charge in [-0.2, -0.15) is 0 Å². The third-order valence-corrected chi connectivity index (χ3v) is 5.00. The van der Waals surface area contributed by atoms with Crippen molar-refractivity contribution >= 4 is 47.4 Å². The Morgan fingerprint density at radius 2 is 1.86 bits per heavy atom. The minimum Gasteiger partial charge on any atom is -0.444 e. The molecule has 0 radical (unpaired) electrons. The molecule has 0 saturated heterocycles. The van der Waals surface area contributed by atoms with Gasteiger partial charge < -0.3 is 20.7 Å². The third-order valence-electron chi connectivity index (χ3n) is 4.10. The van der Waals surface area contributed by atoms with E-state index in [0.29, 0.717) is 19.0 Å². The lowest BCUT2D eigenvalue weighted by Gasteiger charge is -2.34. The fourth-order valence-electron chi connectivity index (χ4n) is 2.46. The highest BCUT2D eigenvalue weighted by atomic mass is 127. The van der Waals surface area contributed by atoms with Crippen LogP contribution in [0, 0.1) is 6.92 Å². The Bertz CT molecular complexity index is 624. The van der Waals surface area contributed by atoms with Gasteiger partial charge in [0.1, 0.15) is 10.6 Å². The maximum absolute atomic E-state index is 12.3. The van der Waals surface area contributed by atoms with Gasteiger partial charge in [0.05, 0.1) is 12.1 Å². The lowest BCUT2D eigenvalue weighted by molar-refractivity contribution is 0.0448. The second-order valence-corrected chi connectivity index (χ2v) is 8.85. The summed E-state index contributed by atoms with van der Waals surface area (Å²) in [6, 6.07) is 0. The molecule has 0 aliphatic heterocycles. The normalized spacial score (nSPS) is 12.2. The Balaban J connectivity index is 0.00000729. The summed E-state index contributed by atoms with van der Waals surface area (Å²) in [5.74, 6) is 0.711. The fourth-order valence-corrected chi connectivity index (χ4v) is 3.17. The molecule has 0 bridgehead atoms. The van der Waals surface area contributed by atoms with Crippen molar-refractivity contribution in [3.05, 3.63) is 16.1 Å². The molecule has 0 aromatic carbocycles. The van der Waals surface area contributed by atoms with Gasteiger partial charge in [-0.05, 0) is 47.5 Å². The number of ether oxygens (including phenoxy) is 1. The van der Waals surface area contributed by atoms with Crippen molar-refractivity contribution in [1.82, 2.24) is 20.9 Å². The summed E-state index contributed by atoms with van der Waals surface area (Å²) >= 11 is 1.65. The molecule has 1 aromatic rings. The monoisotopic (exact) mass is 525 g/mol. The van der Waals surface area contributed by atoms with E-state index in [1.165, 1.54) is 4.88 Å². The maximum Gasteiger partial charge on any atom is 0.408 e. The van der Waals surface area contributed by atoms with Crippen LogP contribution in [0.4, 0.5) is 4.79 Å². The first-order valence-corrected chi connectivity index (χ1v) is 10.4. The maximum atomic E-state index is 12.3. The number of nitrogens with zero attached hydrogens (tertiary/aromatic N) is 2. The Labute approximate surface area is 190 Å². The molecule has 0 aliphatic rings. The highest BCUT2D eigenvalue weighted by Crippen LogP contribution is 2.16. The number of aliphatic imine (C=N–C) groups is 1. The van der Waals surface area contributed by atoms with Crippen molar-refractivity contribution in [2.24, 2.45) is 4.99 Å². The smallest absolute Gasteiger partial charge is 0.408 e. The quantitative estimate of drug-likeness (QED) is 0.269. The van der Waals surface area contributed by atoms with Gasteiger partial charge in [-0.1, -0.05) is 13.8 Å². The molecular weight excluding hydrogens is 489 g/mol. The van der Waals surface area contributed by atoms with Crippen LogP contribution < -0.4 is 16.0 Å². The molecule has 1 amide bonds. The van der Waals surface area contributed by atoms with Gasteiger partial charge in [0.15, 0.2) is 5.96 Å². The standard InChI is InChI=1S/C19H35N5O2S.HI/c1-8-19(9-2,24-17(25)26-18(5,6)7)13-23-16(20-10-3)22-12-15-21-11-14(4)27-15;/h11H,8-10,12-13H2,1-7H3,(H,24,25)(H2,20,22,23);1H. The molecule has 28 heavy (non-hydrogen) atoms. The Hall–Kier alpha value is -1.10. The Morgan fingerprint density at radius 3 is 2.32 bits per heavy atom. The summed E-state index contributed by atoms with van der Waals surface area (Å²) in [6.45, 7) is 15.6. The van der Waals surface area contributed by atoms with E-state index in [1.54, 1.807) is 11.3 Å². The summed E-state index contributed by atoms with van der Waals surface area (Å²) in [4.78, 5) is 22.4. The lowest BCUT2D eigenvalue weighted by Crippen LogP contribution is -2.57. The number of rotatable bonds is 8. The number of hydrogen-bond acceptors (Lipinski definition) is 5. The van der Waals surface area contributed by atoms with E-state index in [4.69, 9.17) is 4.74 Å². The fraction of sp³-hybridized carbons (Fsp3) is 0.737. The summed E-state index contributed by atoms with van der Waals surface area (Å²) < 4.78 is 5.43. The lowest BCUT2D eigenvalue weighted by atomic mass is 9.93. The topological polar surface area (TPSA) is 87.6 Å². The van der Waals surface area contributed by atoms with Gasteiger partial charge in [0.25, 0.3) is 0 Å². The van der Waals surface area contributed by atoms with Gasteiger partial charge in [-0.3, -0.25) is 0 Å². The van der Waals surface area contributed by atoms with Gasteiger partial charge in [0, 0.05) is 24.2 Å². The van der Waals surface area contributed by atoms with Crippen molar-refractivity contribution in [2.75, 3.05) is 13.1 Å². The van der Waals surface area contributed by atoms with E-state index in [9.17, 15) is 4.79 Å². The van der Waals surface area contributed by atoms with Crippen molar-refractivity contribution in [1.29, 1.82) is 0 Å². The first kappa shape index (κ1) is 26.9. The van der Waals surface area contributed by atoms with Crippen LogP contribution in [-0.4, -0.2) is 41.3 Å². The number of aryl methyl sites for hydroxylation is 1. The molecule has 1 heterocycles. The van der Waals surface area contributed by atoms with E-state index in [0.717, 1.165) is 24.4 Å². The molecule has 0 atom stereocenters. The summed E-state index contributed by atoms with van der Waals surface area (Å²) in [7, 11) is 0. The average Bonchev–Trinajstić information content (AvgIpc) is 3.00. The van der Waals surface area contributed by atoms with E-state index in [2.05, 4.69) is 39.8 Å². The Kier molecular flexibility index (Phi) is 12.0. The number of halogens is 1. The molecule has 0 unspecified atom stereocenters. The number of nitrogens with one attached hydrogen (secondary N) is 3. The zero-order valence-corrected chi connectivity index (χ0v) is 21.3.